The molecule has 8 nitrogen and oxygen atoms in total. The van der Waals surface area contributed by atoms with Gasteiger partial charge in [0.05, 0.1) is 0 Å². The number of aliphatic carboxylic acids is 1. The minimum atomic E-state index is -0.959. The van der Waals surface area contributed by atoms with Gasteiger partial charge in [-0.05, 0) is 50.5 Å². The number of carbonyl (C=O) groups excluding carboxylic acids is 2. The lowest BCUT2D eigenvalue weighted by Gasteiger charge is -2.39. The summed E-state index contributed by atoms with van der Waals surface area (Å²) in [6.45, 7) is 4.22. The van der Waals surface area contributed by atoms with Gasteiger partial charge in [-0.15, -0.1) is 0 Å². The standard InChI is InChI=1S/C19H26N4O4/c1-2-23-14(5-8-20-23)17(25)22-12-19(11-15(22)18(26)27)6-9-21(10-7-19)16(24)13-3-4-13/h5,8,13,15H,2-4,6-7,9-12H2,1H3,(H,26,27)/t15-/m0/s1. The molecule has 3 fully saturated rings. The molecule has 1 saturated carbocycles. The molecule has 1 atom stereocenters. The van der Waals surface area contributed by atoms with Crippen molar-refractivity contribution in [2.45, 2.75) is 51.6 Å². The van der Waals surface area contributed by atoms with Gasteiger partial charge in [-0.2, -0.15) is 5.10 Å². The molecular weight excluding hydrogens is 348 g/mol. The van der Waals surface area contributed by atoms with Gasteiger partial charge in [0.25, 0.3) is 5.91 Å². The predicted octanol–water partition coefficient (Wildman–Crippen LogP) is 1.22. The van der Waals surface area contributed by atoms with Crippen molar-refractivity contribution in [3.8, 4) is 0 Å². The summed E-state index contributed by atoms with van der Waals surface area (Å²) in [6, 6.07) is 0.829. The van der Waals surface area contributed by atoms with Crippen LogP contribution < -0.4 is 0 Å². The maximum Gasteiger partial charge on any atom is 0.326 e. The number of piperidine rings is 1. The zero-order valence-electron chi connectivity index (χ0n) is 15.6. The van der Waals surface area contributed by atoms with Crippen LogP contribution in [0.5, 0.6) is 0 Å². The van der Waals surface area contributed by atoms with E-state index >= 15 is 0 Å². The van der Waals surface area contributed by atoms with E-state index in [-0.39, 0.29) is 23.1 Å². The molecule has 27 heavy (non-hydrogen) atoms. The molecule has 1 aliphatic carbocycles. The smallest absolute Gasteiger partial charge is 0.326 e. The third-order valence-electron chi connectivity index (χ3n) is 6.35. The van der Waals surface area contributed by atoms with E-state index < -0.39 is 12.0 Å². The van der Waals surface area contributed by atoms with Crippen LogP contribution in [0.1, 0.15) is 49.5 Å². The third kappa shape index (κ3) is 3.21. The van der Waals surface area contributed by atoms with Crippen LogP contribution in [0, 0.1) is 11.3 Å². The first-order chi connectivity index (χ1) is 12.9. The fourth-order valence-electron chi connectivity index (χ4n) is 4.56. The van der Waals surface area contributed by atoms with Gasteiger partial charge in [0, 0.05) is 38.3 Å². The van der Waals surface area contributed by atoms with E-state index in [9.17, 15) is 19.5 Å². The van der Waals surface area contributed by atoms with Crippen LogP contribution in [-0.4, -0.2) is 68.1 Å². The van der Waals surface area contributed by atoms with Crippen LogP contribution in [-0.2, 0) is 16.1 Å². The fraction of sp³-hybridized carbons (Fsp3) is 0.684. The number of likely N-dealkylation sites (tertiary alicyclic amines) is 2. The van der Waals surface area contributed by atoms with Crippen molar-refractivity contribution in [2.24, 2.45) is 11.3 Å². The van der Waals surface area contributed by atoms with Gasteiger partial charge in [-0.1, -0.05) is 0 Å². The molecule has 0 aromatic carbocycles. The largest absolute Gasteiger partial charge is 0.480 e. The van der Waals surface area contributed by atoms with Crippen LogP contribution in [0.4, 0.5) is 0 Å². The Morgan fingerprint density at radius 3 is 2.56 bits per heavy atom. The Bertz CT molecular complexity index is 762. The van der Waals surface area contributed by atoms with Crippen molar-refractivity contribution in [2.75, 3.05) is 19.6 Å². The minimum Gasteiger partial charge on any atom is -0.480 e. The molecule has 1 aromatic heterocycles. The summed E-state index contributed by atoms with van der Waals surface area (Å²) >= 11 is 0. The van der Waals surface area contributed by atoms with E-state index in [1.165, 1.54) is 4.90 Å². The normalized spacial score (nSPS) is 24.4. The number of aromatic nitrogens is 2. The van der Waals surface area contributed by atoms with Crippen molar-refractivity contribution in [3.05, 3.63) is 18.0 Å². The highest BCUT2D eigenvalue weighted by Crippen LogP contribution is 2.44. The van der Waals surface area contributed by atoms with Crippen molar-refractivity contribution in [3.63, 3.8) is 0 Å². The van der Waals surface area contributed by atoms with E-state index in [2.05, 4.69) is 5.10 Å². The average molecular weight is 374 g/mol. The van der Waals surface area contributed by atoms with E-state index in [1.54, 1.807) is 16.9 Å². The summed E-state index contributed by atoms with van der Waals surface area (Å²) in [5.41, 5.74) is 0.220. The number of aryl methyl sites for hydroxylation is 1. The molecule has 1 N–H and O–H groups in total. The Morgan fingerprint density at radius 1 is 1.26 bits per heavy atom. The number of nitrogens with zero attached hydrogens (tertiary/aromatic N) is 4. The first kappa shape index (κ1) is 18.0. The molecule has 1 spiro atoms. The molecule has 3 heterocycles. The SMILES string of the molecule is CCn1nccc1C(=O)N1CC2(CCN(C(=O)C3CC3)CC2)C[C@H]1C(=O)O. The van der Waals surface area contributed by atoms with Crippen LogP contribution in [0.25, 0.3) is 0 Å². The zero-order chi connectivity index (χ0) is 19.2. The zero-order valence-corrected chi connectivity index (χ0v) is 15.6. The molecule has 146 valence electrons. The highest BCUT2D eigenvalue weighted by Gasteiger charge is 2.51. The molecule has 8 heteroatoms. The Kier molecular flexibility index (Phi) is 4.44. The molecule has 4 rings (SSSR count). The lowest BCUT2D eigenvalue weighted by Crippen LogP contribution is -2.45. The van der Waals surface area contributed by atoms with Crippen molar-refractivity contribution in [1.82, 2.24) is 19.6 Å². The van der Waals surface area contributed by atoms with Crippen LogP contribution in [0.15, 0.2) is 12.3 Å². The molecular formula is C19H26N4O4. The lowest BCUT2D eigenvalue weighted by atomic mass is 9.76. The summed E-state index contributed by atoms with van der Waals surface area (Å²) in [6.07, 6.45) is 5.53. The average Bonchev–Trinajstić information content (AvgIpc) is 3.29. The first-order valence-corrected chi connectivity index (χ1v) is 9.78. The first-order valence-electron chi connectivity index (χ1n) is 9.78. The van der Waals surface area contributed by atoms with Gasteiger partial charge in [0.1, 0.15) is 11.7 Å². The lowest BCUT2D eigenvalue weighted by molar-refractivity contribution is -0.141. The molecule has 2 aliphatic heterocycles. The number of carbonyl (C=O) groups is 3. The van der Waals surface area contributed by atoms with Gasteiger partial charge in [-0.25, -0.2) is 4.79 Å². The van der Waals surface area contributed by atoms with Crippen molar-refractivity contribution in [1.29, 1.82) is 0 Å². The maximum atomic E-state index is 13.0. The van der Waals surface area contributed by atoms with E-state index in [4.69, 9.17) is 0 Å². The summed E-state index contributed by atoms with van der Waals surface area (Å²) in [4.78, 5) is 40.6. The summed E-state index contributed by atoms with van der Waals surface area (Å²) in [5.74, 6) is -0.770. The molecule has 2 amide bonds. The van der Waals surface area contributed by atoms with Crippen molar-refractivity contribution < 1.29 is 19.5 Å². The van der Waals surface area contributed by atoms with E-state index in [0.29, 0.717) is 38.3 Å². The maximum absolute atomic E-state index is 13.0. The summed E-state index contributed by atoms with van der Waals surface area (Å²) in [7, 11) is 0. The van der Waals surface area contributed by atoms with Gasteiger partial charge >= 0.3 is 5.97 Å². The Labute approximate surface area is 158 Å². The second-order valence-electron chi connectivity index (χ2n) is 8.12. The second-order valence-corrected chi connectivity index (χ2v) is 8.12. The molecule has 0 radical (unpaired) electrons. The van der Waals surface area contributed by atoms with E-state index in [0.717, 1.165) is 25.7 Å². The quantitative estimate of drug-likeness (QED) is 0.855. The van der Waals surface area contributed by atoms with Gasteiger partial charge < -0.3 is 14.9 Å². The second kappa shape index (κ2) is 6.65. The number of carboxylic acids is 1. The number of rotatable bonds is 4. The van der Waals surface area contributed by atoms with Gasteiger partial charge in [0.2, 0.25) is 5.91 Å². The number of amides is 2. The monoisotopic (exact) mass is 374 g/mol. The van der Waals surface area contributed by atoms with E-state index in [1.807, 2.05) is 11.8 Å². The van der Waals surface area contributed by atoms with Crippen LogP contribution >= 0.6 is 0 Å². The van der Waals surface area contributed by atoms with Crippen LogP contribution in [0.2, 0.25) is 0 Å². The van der Waals surface area contributed by atoms with Gasteiger partial charge in [-0.3, -0.25) is 14.3 Å². The topological polar surface area (TPSA) is 95.7 Å². The number of hydrogen-bond donors (Lipinski definition) is 1. The number of hydrogen-bond acceptors (Lipinski definition) is 4. The highest BCUT2D eigenvalue weighted by molar-refractivity contribution is 5.95. The Morgan fingerprint density at radius 2 is 1.96 bits per heavy atom. The molecule has 0 bridgehead atoms. The van der Waals surface area contributed by atoms with Gasteiger partial charge in [0.15, 0.2) is 0 Å². The summed E-state index contributed by atoms with van der Waals surface area (Å²) < 4.78 is 1.60. The molecule has 2 saturated heterocycles. The summed E-state index contributed by atoms with van der Waals surface area (Å²) in [5, 5.41) is 13.8. The molecule has 1 aromatic rings. The molecule has 3 aliphatic rings. The van der Waals surface area contributed by atoms with Crippen LogP contribution in [0.3, 0.4) is 0 Å². The highest BCUT2D eigenvalue weighted by atomic mass is 16.4. The van der Waals surface area contributed by atoms with Crippen molar-refractivity contribution >= 4 is 17.8 Å². The number of carboxylic acid groups (broad SMARTS) is 1. The third-order valence-corrected chi connectivity index (χ3v) is 6.35. The Hall–Kier alpha value is -2.38. The Balaban J connectivity index is 1.50. The molecule has 0 unspecified atom stereocenters. The predicted molar refractivity (Wildman–Crippen MR) is 95.9 cm³/mol. The minimum absolute atomic E-state index is 0.210. The fourth-order valence-corrected chi connectivity index (χ4v) is 4.56.